The average Bonchev–Trinajstić information content (AvgIpc) is 3.07. The van der Waals surface area contributed by atoms with E-state index in [0.717, 1.165) is 13.8 Å². The quantitative estimate of drug-likeness (QED) is 0.386. The lowest BCUT2D eigenvalue weighted by atomic mass is 10.1. The van der Waals surface area contributed by atoms with Crippen LogP contribution in [0.5, 0.6) is 0 Å². The van der Waals surface area contributed by atoms with Gasteiger partial charge in [0.15, 0.2) is 17.1 Å². The van der Waals surface area contributed by atoms with Crippen molar-refractivity contribution in [3.63, 3.8) is 0 Å². The molecule has 0 saturated heterocycles. The first-order chi connectivity index (χ1) is 13.3. The smallest absolute Gasteiger partial charge is 0.427 e. The van der Waals surface area contributed by atoms with E-state index in [0.29, 0.717) is 22.7 Å². The molecule has 0 amide bonds. The van der Waals surface area contributed by atoms with Gasteiger partial charge < -0.3 is 9.47 Å². The second-order valence-corrected chi connectivity index (χ2v) is 7.36. The number of aromatic nitrogens is 4. The highest BCUT2D eigenvalue weighted by atomic mass is 19.4. The first-order valence-electron chi connectivity index (χ1n) is 8.70. The fraction of sp³-hybridized carbons (Fsp3) is 0.474. The number of hydrogen-bond acceptors (Lipinski definition) is 6. The van der Waals surface area contributed by atoms with Gasteiger partial charge in [-0.3, -0.25) is 9.38 Å². The fourth-order valence-corrected chi connectivity index (χ4v) is 2.23. The van der Waals surface area contributed by atoms with Crippen molar-refractivity contribution < 1.29 is 22.6 Å². The summed E-state index contributed by atoms with van der Waals surface area (Å²) in [5.74, 6) is 0.337. The van der Waals surface area contributed by atoms with Gasteiger partial charge in [0.25, 0.3) is 0 Å². The summed E-state index contributed by atoms with van der Waals surface area (Å²) >= 11 is 0. The van der Waals surface area contributed by atoms with Crippen LogP contribution < -0.4 is 0 Å². The predicted molar refractivity (Wildman–Crippen MR) is 103 cm³/mol. The number of aliphatic imine (C=N–C) groups is 1. The van der Waals surface area contributed by atoms with Gasteiger partial charge in [-0.1, -0.05) is 6.08 Å². The normalized spacial score (nSPS) is 14.4. The topological polar surface area (TPSA) is 73.9 Å². The Balaban J connectivity index is 2.37. The molecule has 0 saturated carbocycles. The standard InChI is InChI=1S/C19H24F3N5O2/c1-12(8-9-15(23-6)29-18(4,5)19(20,21)22)13-11-27-14(10-24-13)25-26-16(27)17(2,3)28-7/h8-11H,6H2,1-5,7H3/b12-8+,15-9+. The van der Waals surface area contributed by atoms with E-state index in [1.54, 1.807) is 36.9 Å². The average molecular weight is 411 g/mol. The largest absolute Gasteiger partial charge is 0.462 e. The van der Waals surface area contributed by atoms with Crippen LogP contribution in [-0.2, 0) is 15.1 Å². The maximum atomic E-state index is 13.0. The van der Waals surface area contributed by atoms with Crippen LogP contribution in [0.15, 0.2) is 35.4 Å². The van der Waals surface area contributed by atoms with E-state index in [-0.39, 0.29) is 5.88 Å². The van der Waals surface area contributed by atoms with Gasteiger partial charge in [0.05, 0.1) is 11.9 Å². The third-order valence-electron chi connectivity index (χ3n) is 4.42. The lowest BCUT2D eigenvalue weighted by Crippen LogP contribution is -2.41. The van der Waals surface area contributed by atoms with Crippen molar-refractivity contribution in [3.8, 4) is 0 Å². The van der Waals surface area contributed by atoms with Crippen LogP contribution in [0.4, 0.5) is 13.2 Å². The Kier molecular flexibility index (Phi) is 6.17. The van der Waals surface area contributed by atoms with Crippen LogP contribution in [0.25, 0.3) is 11.2 Å². The highest BCUT2D eigenvalue weighted by molar-refractivity contribution is 5.62. The molecule has 0 atom stereocenters. The van der Waals surface area contributed by atoms with Crippen LogP contribution in [0.1, 0.15) is 46.1 Å². The second-order valence-electron chi connectivity index (χ2n) is 7.36. The maximum Gasteiger partial charge on any atom is 0.427 e. The van der Waals surface area contributed by atoms with E-state index in [2.05, 4.69) is 26.9 Å². The molecule has 29 heavy (non-hydrogen) atoms. The number of rotatable bonds is 7. The molecule has 158 valence electrons. The molecule has 0 aliphatic carbocycles. The van der Waals surface area contributed by atoms with E-state index in [9.17, 15) is 13.2 Å². The summed E-state index contributed by atoms with van der Waals surface area (Å²) in [7, 11) is 1.57. The Bertz CT molecular complexity index is 958. The third-order valence-corrected chi connectivity index (χ3v) is 4.42. The van der Waals surface area contributed by atoms with E-state index in [1.807, 2.05) is 13.8 Å². The van der Waals surface area contributed by atoms with Gasteiger partial charge in [-0.25, -0.2) is 4.99 Å². The van der Waals surface area contributed by atoms with Crippen molar-refractivity contribution in [3.05, 3.63) is 41.9 Å². The van der Waals surface area contributed by atoms with Gasteiger partial charge in [-0.05, 0) is 46.9 Å². The minimum Gasteiger partial charge on any atom is -0.462 e. The summed E-state index contributed by atoms with van der Waals surface area (Å²) in [4.78, 5) is 7.85. The Morgan fingerprint density at radius 2 is 1.83 bits per heavy atom. The molecule has 0 N–H and O–H groups in total. The van der Waals surface area contributed by atoms with Gasteiger partial charge in [0.2, 0.25) is 5.88 Å². The SMILES string of the molecule is C=N/C(=C\C=C(/C)c1cn2c(C(C)(C)OC)nnc2cn1)OC(C)(C)C(F)(F)F. The highest BCUT2D eigenvalue weighted by Gasteiger charge is 2.50. The molecule has 0 aliphatic heterocycles. The van der Waals surface area contributed by atoms with Crippen LogP contribution in [0.2, 0.25) is 0 Å². The zero-order chi connectivity index (χ0) is 22.0. The van der Waals surface area contributed by atoms with Crippen LogP contribution in [0, 0.1) is 0 Å². The molecule has 2 rings (SSSR count). The molecule has 2 aromatic rings. The van der Waals surface area contributed by atoms with E-state index in [4.69, 9.17) is 9.47 Å². The van der Waals surface area contributed by atoms with Gasteiger partial charge in [-0.2, -0.15) is 13.2 Å². The van der Waals surface area contributed by atoms with Crippen LogP contribution in [-0.4, -0.2) is 45.2 Å². The van der Waals surface area contributed by atoms with Crippen molar-refractivity contribution in [1.82, 2.24) is 19.6 Å². The summed E-state index contributed by atoms with van der Waals surface area (Å²) in [5.41, 5.74) is -1.30. The zero-order valence-corrected chi connectivity index (χ0v) is 17.2. The van der Waals surface area contributed by atoms with Crippen LogP contribution in [0.3, 0.4) is 0 Å². The van der Waals surface area contributed by atoms with Crippen LogP contribution >= 0.6 is 0 Å². The van der Waals surface area contributed by atoms with Gasteiger partial charge in [0.1, 0.15) is 5.60 Å². The molecule has 0 radical (unpaired) electrons. The summed E-state index contributed by atoms with van der Waals surface area (Å²) in [6.45, 7) is 10.6. The van der Waals surface area contributed by atoms with Gasteiger partial charge >= 0.3 is 6.18 Å². The minimum absolute atomic E-state index is 0.252. The van der Waals surface area contributed by atoms with Crippen molar-refractivity contribution in [2.24, 2.45) is 4.99 Å². The molecule has 0 bridgehead atoms. The third kappa shape index (κ3) is 4.81. The van der Waals surface area contributed by atoms with Crippen molar-refractivity contribution in [1.29, 1.82) is 0 Å². The Hall–Kier alpha value is -2.75. The monoisotopic (exact) mass is 411 g/mol. The number of nitrogens with zero attached hydrogens (tertiary/aromatic N) is 5. The number of hydrogen-bond donors (Lipinski definition) is 0. The Morgan fingerprint density at radius 1 is 1.17 bits per heavy atom. The van der Waals surface area contributed by atoms with Crippen molar-refractivity contribution in [2.45, 2.75) is 52.0 Å². The molecular formula is C19H24F3N5O2. The van der Waals surface area contributed by atoms with Crippen molar-refractivity contribution >= 4 is 17.9 Å². The Morgan fingerprint density at radius 3 is 2.38 bits per heavy atom. The number of halogens is 3. The zero-order valence-electron chi connectivity index (χ0n) is 17.2. The predicted octanol–water partition coefficient (Wildman–Crippen LogP) is 4.31. The lowest BCUT2D eigenvalue weighted by Gasteiger charge is -2.28. The van der Waals surface area contributed by atoms with Crippen molar-refractivity contribution in [2.75, 3.05) is 7.11 Å². The van der Waals surface area contributed by atoms with Gasteiger partial charge in [0, 0.05) is 19.4 Å². The number of allylic oxidation sites excluding steroid dienone is 3. The molecule has 2 aromatic heterocycles. The second kappa shape index (κ2) is 7.94. The molecule has 0 fully saturated rings. The molecular weight excluding hydrogens is 387 g/mol. The van der Waals surface area contributed by atoms with E-state index < -0.39 is 17.4 Å². The minimum atomic E-state index is -4.55. The van der Waals surface area contributed by atoms with Gasteiger partial charge in [-0.15, -0.1) is 10.2 Å². The molecule has 0 aliphatic rings. The number of ether oxygens (including phenoxy) is 2. The molecule has 0 aromatic carbocycles. The number of methoxy groups -OCH3 is 1. The molecule has 10 heteroatoms. The summed E-state index contributed by atoms with van der Waals surface area (Å²) < 4.78 is 51.2. The number of alkyl halides is 3. The molecule has 0 spiro atoms. The molecule has 0 unspecified atom stereocenters. The highest BCUT2D eigenvalue weighted by Crippen LogP contribution is 2.34. The first-order valence-corrected chi connectivity index (χ1v) is 8.70. The Labute approximate surface area is 167 Å². The summed E-state index contributed by atoms with van der Waals surface area (Å²) in [6.07, 6.45) is 1.59. The first kappa shape index (κ1) is 22.5. The fourth-order valence-electron chi connectivity index (χ4n) is 2.23. The summed E-state index contributed by atoms with van der Waals surface area (Å²) in [5, 5.41) is 8.23. The van der Waals surface area contributed by atoms with E-state index >= 15 is 0 Å². The molecule has 7 nitrogen and oxygen atoms in total. The summed E-state index contributed by atoms with van der Waals surface area (Å²) in [6, 6.07) is 0. The molecule has 2 heterocycles. The maximum absolute atomic E-state index is 13.0. The van der Waals surface area contributed by atoms with E-state index in [1.165, 1.54) is 6.08 Å². The lowest BCUT2D eigenvalue weighted by molar-refractivity contribution is -0.251. The number of fused-ring (bicyclic) bond motifs is 1.